The molecule has 2 N–H and O–H groups in total. The number of rotatable bonds is 3. The zero-order chi connectivity index (χ0) is 13.1. The van der Waals surface area contributed by atoms with Crippen molar-refractivity contribution < 1.29 is 4.79 Å². The predicted octanol–water partition coefficient (Wildman–Crippen LogP) is 2.18. The van der Waals surface area contributed by atoms with E-state index in [0.717, 1.165) is 24.3 Å². The van der Waals surface area contributed by atoms with Crippen LogP contribution in [0.5, 0.6) is 0 Å². The van der Waals surface area contributed by atoms with Crippen LogP contribution in [0.25, 0.3) is 0 Å². The molecule has 18 heavy (non-hydrogen) atoms. The Bertz CT molecular complexity index is 416. The number of aryl methyl sites for hydroxylation is 1. The van der Waals surface area contributed by atoms with Gasteiger partial charge in [-0.25, -0.2) is 0 Å². The highest BCUT2D eigenvalue weighted by molar-refractivity contribution is 7.12. The van der Waals surface area contributed by atoms with Gasteiger partial charge in [0.15, 0.2) is 0 Å². The number of piperidine rings is 1. The lowest BCUT2D eigenvalue weighted by molar-refractivity contribution is -0.134. The summed E-state index contributed by atoms with van der Waals surface area (Å²) in [7, 11) is 0. The number of thiophene rings is 1. The van der Waals surface area contributed by atoms with E-state index in [9.17, 15) is 4.79 Å². The van der Waals surface area contributed by atoms with Crippen molar-refractivity contribution in [1.82, 2.24) is 4.90 Å². The maximum atomic E-state index is 12.3. The second-order valence-electron chi connectivity index (χ2n) is 5.30. The number of hydrogen-bond acceptors (Lipinski definition) is 3. The molecule has 0 aliphatic carbocycles. The summed E-state index contributed by atoms with van der Waals surface area (Å²) in [4.78, 5) is 16.7. The van der Waals surface area contributed by atoms with Crippen LogP contribution in [0.4, 0.5) is 0 Å². The lowest BCUT2D eigenvalue weighted by Gasteiger charge is -2.38. The number of likely N-dealkylation sites (tertiary alicyclic amines) is 1. The van der Waals surface area contributed by atoms with E-state index in [2.05, 4.69) is 26.0 Å². The zero-order valence-corrected chi connectivity index (χ0v) is 12.0. The SMILES string of the molecule is Cc1ccc(CC(=O)N2CCC(C)CC2CN)s1. The molecule has 2 rings (SSSR count). The Labute approximate surface area is 113 Å². The van der Waals surface area contributed by atoms with Gasteiger partial charge in [-0.1, -0.05) is 6.92 Å². The third-order valence-corrected chi connectivity index (χ3v) is 4.69. The van der Waals surface area contributed by atoms with Crippen LogP contribution < -0.4 is 5.73 Å². The Morgan fingerprint density at radius 3 is 2.94 bits per heavy atom. The summed E-state index contributed by atoms with van der Waals surface area (Å²) < 4.78 is 0. The largest absolute Gasteiger partial charge is 0.338 e. The van der Waals surface area contributed by atoms with E-state index < -0.39 is 0 Å². The van der Waals surface area contributed by atoms with Gasteiger partial charge in [-0.2, -0.15) is 0 Å². The number of carbonyl (C=O) groups is 1. The van der Waals surface area contributed by atoms with Crippen molar-refractivity contribution >= 4 is 17.2 Å². The number of amides is 1. The Hall–Kier alpha value is -0.870. The van der Waals surface area contributed by atoms with Crippen molar-refractivity contribution in [2.24, 2.45) is 11.7 Å². The topological polar surface area (TPSA) is 46.3 Å². The second-order valence-corrected chi connectivity index (χ2v) is 6.67. The Morgan fingerprint density at radius 1 is 1.56 bits per heavy atom. The van der Waals surface area contributed by atoms with E-state index >= 15 is 0 Å². The minimum Gasteiger partial charge on any atom is -0.338 e. The molecule has 3 nitrogen and oxygen atoms in total. The smallest absolute Gasteiger partial charge is 0.228 e. The fourth-order valence-electron chi connectivity index (χ4n) is 2.63. The first-order valence-corrected chi connectivity index (χ1v) is 7.46. The Morgan fingerprint density at radius 2 is 2.33 bits per heavy atom. The molecule has 0 bridgehead atoms. The van der Waals surface area contributed by atoms with Gasteiger partial charge in [-0.3, -0.25) is 4.79 Å². The normalized spacial score (nSPS) is 24.3. The molecule has 100 valence electrons. The number of nitrogens with two attached hydrogens (primary N) is 1. The van der Waals surface area contributed by atoms with Gasteiger partial charge in [0.25, 0.3) is 0 Å². The molecule has 0 spiro atoms. The number of carbonyl (C=O) groups excluding carboxylic acids is 1. The third-order valence-electron chi connectivity index (χ3n) is 3.69. The van der Waals surface area contributed by atoms with Gasteiger partial charge < -0.3 is 10.6 Å². The average molecular weight is 266 g/mol. The fraction of sp³-hybridized carbons (Fsp3) is 0.643. The number of nitrogens with zero attached hydrogens (tertiary/aromatic N) is 1. The van der Waals surface area contributed by atoms with Crippen molar-refractivity contribution in [3.05, 3.63) is 21.9 Å². The van der Waals surface area contributed by atoms with Gasteiger partial charge in [0, 0.05) is 28.9 Å². The quantitative estimate of drug-likeness (QED) is 0.911. The summed E-state index contributed by atoms with van der Waals surface area (Å²) in [5, 5.41) is 0. The molecule has 1 saturated heterocycles. The van der Waals surface area contributed by atoms with E-state index in [-0.39, 0.29) is 11.9 Å². The van der Waals surface area contributed by atoms with E-state index in [0.29, 0.717) is 18.9 Å². The molecule has 1 aromatic rings. The molecule has 1 fully saturated rings. The molecule has 2 heterocycles. The molecule has 1 aliphatic rings. The lowest BCUT2D eigenvalue weighted by atomic mass is 9.92. The molecule has 0 radical (unpaired) electrons. The first-order chi connectivity index (χ1) is 8.60. The highest BCUT2D eigenvalue weighted by Crippen LogP contribution is 2.23. The van der Waals surface area contributed by atoms with Crippen molar-refractivity contribution in [3.63, 3.8) is 0 Å². The molecule has 0 saturated carbocycles. The molecule has 4 heteroatoms. The average Bonchev–Trinajstić information content (AvgIpc) is 2.74. The van der Waals surface area contributed by atoms with Crippen LogP contribution in [0, 0.1) is 12.8 Å². The van der Waals surface area contributed by atoms with Gasteiger partial charge in [-0.15, -0.1) is 11.3 Å². The second kappa shape index (κ2) is 5.85. The Balaban J connectivity index is 1.99. The summed E-state index contributed by atoms with van der Waals surface area (Å²) in [6.45, 7) is 5.77. The van der Waals surface area contributed by atoms with Crippen molar-refractivity contribution in [1.29, 1.82) is 0 Å². The van der Waals surface area contributed by atoms with Crippen molar-refractivity contribution in [2.75, 3.05) is 13.1 Å². The van der Waals surface area contributed by atoms with Crippen LogP contribution >= 0.6 is 11.3 Å². The van der Waals surface area contributed by atoms with E-state index in [4.69, 9.17) is 5.73 Å². The van der Waals surface area contributed by atoms with E-state index in [1.807, 2.05) is 4.90 Å². The van der Waals surface area contributed by atoms with Crippen LogP contribution in [0.3, 0.4) is 0 Å². The highest BCUT2D eigenvalue weighted by Gasteiger charge is 2.28. The fourth-order valence-corrected chi connectivity index (χ4v) is 3.52. The summed E-state index contributed by atoms with van der Waals surface area (Å²) in [5.74, 6) is 0.922. The minimum absolute atomic E-state index is 0.235. The van der Waals surface area contributed by atoms with Gasteiger partial charge in [0.1, 0.15) is 0 Å². The van der Waals surface area contributed by atoms with Crippen LogP contribution in [0.15, 0.2) is 12.1 Å². The molecule has 2 atom stereocenters. The predicted molar refractivity (Wildman–Crippen MR) is 75.7 cm³/mol. The van der Waals surface area contributed by atoms with Gasteiger partial charge >= 0.3 is 0 Å². The summed E-state index contributed by atoms with van der Waals surface area (Å²) in [6, 6.07) is 4.37. The zero-order valence-electron chi connectivity index (χ0n) is 11.2. The maximum Gasteiger partial charge on any atom is 0.228 e. The number of hydrogen-bond donors (Lipinski definition) is 1. The first kappa shape index (κ1) is 13.6. The van der Waals surface area contributed by atoms with Gasteiger partial charge in [0.2, 0.25) is 5.91 Å². The third kappa shape index (κ3) is 3.12. The maximum absolute atomic E-state index is 12.3. The van der Waals surface area contributed by atoms with E-state index in [1.165, 1.54) is 4.88 Å². The first-order valence-electron chi connectivity index (χ1n) is 6.65. The molecule has 1 aromatic heterocycles. The lowest BCUT2D eigenvalue weighted by Crippen LogP contribution is -2.49. The van der Waals surface area contributed by atoms with E-state index in [1.54, 1.807) is 11.3 Å². The Kier molecular flexibility index (Phi) is 4.40. The van der Waals surface area contributed by atoms with Gasteiger partial charge in [0.05, 0.1) is 6.42 Å². The molecule has 1 amide bonds. The molecule has 2 unspecified atom stereocenters. The summed E-state index contributed by atoms with van der Waals surface area (Å²) in [5.41, 5.74) is 5.80. The van der Waals surface area contributed by atoms with Crippen LogP contribution in [-0.2, 0) is 11.2 Å². The van der Waals surface area contributed by atoms with Crippen molar-refractivity contribution in [2.45, 2.75) is 39.2 Å². The minimum atomic E-state index is 0.235. The van der Waals surface area contributed by atoms with Crippen LogP contribution in [-0.4, -0.2) is 29.9 Å². The highest BCUT2D eigenvalue weighted by atomic mass is 32.1. The molecular weight excluding hydrogens is 244 g/mol. The summed E-state index contributed by atoms with van der Waals surface area (Å²) in [6.07, 6.45) is 2.68. The summed E-state index contributed by atoms with van der Waals surface area (Å²) >= 11 is 1.71. The monoisotopic (exact) mass is 266 g/mol. The van der Waals surface area contributed by atoms with Crippen LogP contribution in [0.2, 0.25) is 0 Å². The molecule has 0 aromatic carbocycles. The van der Waals surface area contributed by atoms with Gasteiger partial charge in [-0.05, 0) is 37.8 Å². The van der Waals surface area contributed by atoms with Crippen molar-refractivity contribution in [3.8, 4) is 0 Å². The molecule has 1 aliphatic heterocycles. The molecular formula is C14H22N2OS. The standard InChI is InChI=1S/C14H22N2OS/c1-10-5-6-16(12(7-10)9-15)14(17)8-13-4-3-11(2)18-13/h3-4,10,12H,5-9,15H2,1-2H3. The van der Waals surface area contributed by atoms with Crippen LogP contribution in [0.1, 0.15) is 29.5 Å².